The molecule has 0 spiro atoms. The molecule has 2 N–H and O–H groups in total. The smallest absolute Gasteiger partial charge is 0.106 e. The molecule has 2 unspecified atom stereocenters. The quantitative estimate of drug-likeness (QED) is 0.885. The van der Waals surface area contributed by atoms with Crippen LogP contribution in [0.2, 0.25) is 0 Å². The molecule has 0 bridgehead atoms. The zero-order valence-corrected chi connectivity index (χ0v) is 10.7. The zero-order chi connectivity index (χ0) is 10.7. The van der Waals surface area contributed by atoms with Crippen molar-refractivity contribution in [2.45, 2.75) is 37.4 Å². The Bertz CT molecular complexity index is 305. The van der Waals surface area contributed by atoms with Crippen LogP contribution in [0.25, 0.3) is 0 Å². The Morgan fingerprint density at radius 1 is 1.60 bits per heavy atom. The maximum absolute atomic E-state index is 5.65. The molecule has 15 heavy (non-hydrogen) atoms. The lowest BCUT2D eigenvalue weighted by atomic mass is 10.1. The highest BCUT2D eigenvalue weighted by Crippen LogP contribution is 2.39. The van der Waals surface area contributed by atoms with Crippen LogP contribution in [0.15, 0.2) is 5.38 Å². The molecule has 0 amide bonds. The second-order valence-corrected chi connectivity index (χ2v) is 6.30. The van der Waals surface area contributed by atoms with Gasteiger partial charge < -0.3 is 5.73 Å². The highest BCUT2D eigenvalue weighted by Gasteiger charge is 2.20. The Hall–Kier alpha value is -0.0600. The normalized spacial score (nSPS) is 24.0. The van der Waals surface area contributed by atoms with Crippen LogP contribution in [0, 0.1) is 0 Å². The molecular formula is C11H18N2S2. The van der Waals surface area contributed by atoms with Gasteiger partial charge in [0.25, 0.3) is 0 Å². The third kappa shape index (κ3) is 2.74. The van der Waals surface area contributed by atoms with E-state index in [9.17, 15) is 0 Å². The van der Waals surface area contributed by atoms with Gasteiger partial charge >= 0.3 is 0 Å². The number of thioether (sulfide) groups is 1. The molecule has 84 valence electrons. The summed E-state index contributed by atoms with van der Waals surface area (Å²) in [5, 5.41) is 4.15. The number of nitrogens with two attached hydrogens (primary N) is 1. The molecule has 1 saturated heterocycles. The second kappa shape index (κ2) is 5.32. The van der Waals surface area contributed by atoms with Crippen molar-refractivity contribution in [1.82, 2.24) is 4.98 Å². The van der Waals surface area contributed by atoms with Gasteiger partial charge in [0.15, 0.2) is 0 Å². The highest BCUT2D eigenvalue weighted by molar-refractivity contribution is 7.99. The molecule has 0 radical (unpaired) electrons. The van der Waals surface area contributed by atoms with Gasteiger partial charge in [-0.3, -0.25) is 0 Å². The molecule has 0 aliphatic carbocycles. The van der Waals surface area contributed by atoms with Crippen molar-refractivity contribution >= 4 is 23.1 Å². The fraction of sp³-hybridized carbons (Fsp3) is 0.727. The molecule has 4 heteroatoms. The first kappa shape index (κ1) is 11.4. The van der Waals surface area contributed by atoms with Crippen LogP contribution in [-0.4, -0.2) is 17.3 Å². The Morgan fingerprint density at radius 3 is 3.13 bits per heavy atom. The van der Waals surface area contributed by atoms with E-state index in [2.05, 4.69) is 24.1 Å². The fourth-order valence-electron chi connectivity index (χ4n) is 1.73. The molecule has 1 aromatic rings. The number of nitrogens with zero attached hydrogens (tertiary/aromatic N) is 1. The third-order valence-corrected chi connectivity index (χ3v) is 5.36. The van der Waals surface area contributed by atoms with E-state index in [1.807, 2.05) is 11.3 Å². The number of hydrogen-bond donors (Lipinski definition) is 1. The Kier molecular flexibility index (Phi) is 4.05. The van der Waals surface area contributed by atoms with Crippen LogP contribution in [0.4, 0.5) is 0 Å². The van der Waals surface area contributed by atoms with Crippen molar-refractivity contribution in [1.29, 1.82) is 0 Å². The predicted molar refractivity (Wildman–Crippen MR) is 68.6 cm³/mol. The lowest BCUT2D eigenvalue weighted by Crippen LogP contribution is -2.09. The minimum atomic E-state index is 0.406. The van der Waals surface area contributed by atoms with Crippen LogP contribution >= 0.6 is 23.1 Å². The Balaban J connectivity index is 2.05. The first-order valence-electron chi connectivity index (χ1n) is 5.58. The monoisotopic (exact) mass is 242 g/mol. The first-order valence-corrected chi connectivity index (χ1v) is 7.51. The molecule has 2 rings (SSSR count). The average Bonchev–Trinajstić information content (AvgIpc) is 2.78. The third-order valence-electron chi connectivity index (χ3n) is 2.85. The van der Waals surface area contributed by atoms with Crippen LogP contribution in [0.3, 0.4) is 0 Å². The molecule has 1 aromatic heterocycles. The van der Waals surface area contributed by atoms with E-state index in [4.69, 9.17) is 10.7 Å². The standard InChI is InChI=1S/C11H18N2S2/c1-8(6-12)9-7-15-11(13-9)10-4-2-3-5-14-10/h7-8,10H,2-6,12H2,1H3. The molecule has 1 fully saturated rings. The van der Waals surface area contributed by atoms with E-state index in [0.29, 0.717) is 17.7 Å². The molecule has 0 aromatic carbocycles. The van der Waals surface area contributed by atoms with Gasteiger partial charge in [-0.1, -0.05) is 13.3 Å². The summed E-state index contributed by atoms with van der Waals surface area (Å²) in [5.41, 5.74) is 6.84. The lowest BCUT2D eigenvalue weighted by Gasteiger charge is -2.18. The van der Waals surface area contributed by atoms with Gasteiger partial charge in [-0.2, -0.15) is 11.8 Å². The van der Waals surface area contributed by atoms with Crippen molar-refractivity contribution in [3.05, 3.63) is 16.1 Å². The number of rotatable bonds is 3. The van der Waals surface area contributed by atoms with Crippen molar-refractivity contribution in [2.75, 3.05) is 12.3 Å². The number of hydrogen-bond acceptors (Lipinski definition) is 4. The van der Waals surface area contributed by atoms with Gasteiger partial charge in [-0.25, -0.2) is 4.98 Å². The van der Waals surface area contributed by atoms with Gasteiger partial charge in [-0.15, -0.1) is 11.3 Å². The predicted octanol–water partition coefficient (Wildman–Crippen LogP) is 3.16. The fourth-order valence-corrected chi connectivity index (χ4v) is 4.24. The molecule has 1 aliphatic rings. The summed E-state index contributed by atoms with van der Waals surface area (Å²) in [6, 6.07) is 0. The maximum Gasteiger partial charge on any atom is 0.106 e. The minimum absolute atomic E-state index is 0.406. The first-order chi connectivity index (χ1) is 7.31. The Morgan fingerprint density at radius 2 is 2.47 bits per heavy atom. The van der Waals surface area contributed by atoms with Crippen molar-refractivity contribution in [3.63, 3.8) is 0 Å². The summed E-state index contributed by atoms with van der Waals surface area (Å²) < 4.78 is 0. The van der Waals surface area contributed by atoms with Crippen LogP contribution in [0.5, 0.6) is 0 Å². The van der Waals surface area contributed by atoms with Gasteiger partial charge in [-0.05, 0) is 18.6 Å². The van der Waals surface area contributed by atoms with Crippen molar-refractivity contribution < 1.29 is 0 Å². The van der Waals surface area contributed by atoms with E-state index >= 15 is 0 Å². The van der Waals surface area contributed by atoms with Gasteiger partial charge in [0, 0.05) is 17.8 Å². The summed E-state index contributed by atoms with van der Waals surface area (Å²) in [4.78, 5) is 4.72. The van der Waals surface area contributed by atoms with Crippen LogP contribution in [-0.2, 0) is 0 Å². The second-order valence-electron chi connectivity index (χ2n) is 4.10. The average molecular weight is 242 g/mol. The van der Waals surface area contributed by atoms with E-state index in [1.165, 1.54) is 35.7 Å². The van der Waals surface area contributed by atoms with Crippen LogP contribution in [0.1, 0.15) is 48.1 Å². The lowest BCUT2D eigenvalue weighted by molar-refractivity contribution is 0.677. The van der Waals surface area contributed by atoms with Crippen molar-refractivity contribution in [3.8, 4) is 0 Å². The summed E-state index contributed by atoms with van der Waals surface area (Å²) in [6.45, 7) is 2.84. The summed E-state index contributed by atoms with van der Waals surface area (Å²) >= 11 is 3.88. The molecule has 2 nitrogen and oxygen atoms in total. The summed E-state index contributed by atoms with van der Waals surface area (Å²) in [6.07, 6.45) is 4.03. The van der Waals surface area contributed by atoms with E-state index in [-0.39, 0.29) is 0 Å². The molecule has 2 atom stereocenters. The maximum atomic E-state index is 5.65. The van der Waals surface area contributed by atoms with Crippen LogP contribution < -0.4 is 5.73 Å². The number of thiazole rings is 1. The summed E-state index contributed by atoms with van der Waals surface area (Å²) in [7, 11) is 0. The Labute approximate surface area is 99.7 Å². The van der Waals surface area contributed by atoms with E-state index in [0.717, 1.165) is 0 Å². The minimum Gasteiger partial charge on any atom is -0.330 e. The largest absolute Gasteiger partial charge is 0.330 e. The van der Waals surface area contributed by atoms with Gasteiger partial charge in [0.05, 0.1) is 10.9 Å². The highest BCUT2D eigenvalue weighted by atomic mass is 32.2. The topological polar surface area (TPSA) is 38.9 Å². The molecule has 1 aliphatic heterocycles. The molecule has 0 saturated carbocycles. The SMILES string of the molecule is CC(CN)c1csc(C2CCCCS2)n1. The number of aromatic nitrogens is 1. The molecular weight excluding hydrogens is 224 g/mol. The zero-order valence-electron chi connectivity index (χ0n) is 9.11. The van der Waals surface area contributed by atoms with Gasteiger partial charge in [0.2, 0.25) is 0 Å². The van der Waals surface area contributed by atoms with Crippen molar-refractivity contribution in [2.24, 2.45) is 5.73 Å². The van der Waals surface area contributed by atoms with E-state index in [1.54, 1.807) is 0 Å². The van der Waals surface area contributed by atoms with Gasteiger partial charge in [0.1, 0.15) is 5.01 Å². The van der Waals surface area contributed by atoms with E-state index < -0.39 is 0 Å². The molecule has 2 heterocycles. The summed E-state index contributed by atoms with van der Waals surface area (Å²) in [5.74, 6) is 1.70.